The number of aromatic nitrogens is 12. The molecule has 0 unspecified atom stereocenters. The van der Waals surface area contributed by atoms with Crippen molar-refractivity contribution in [3.8, 4) is 12.3 Å². The number of aryl methyl sites for hydroxylation is 1. The Morgan fingerprint density at radius 2 is 1.18 bits per heavy atom. The Morgan fingerprint density at radius 1 is 0.708 bits per heavy atom. The molecule has 2 aliphatic heterocycles. The van der Waals surface area contributed by atoms with Gasteiger partial charge in [0.05, 0.1) is 37.6 Å². The Bertz CT molecular complexity index is 3210. The van der Waals surface area contributed by atoms with E-state index in [2.05, 4.69) is 121 Å². The summed E-state index contributed by atoms with van der Waals surface area (Å²) in [6, 6.07) is 15.0. The molecule has 16 nitrogen and oxygen atoms in total. The van der Waals surface area contributed by atoms with Gasteiger partial charge in [0.2, 0.25) is 11.9 Å². The van der Waals surface area contributed by atoms with Gasteiger partial charge in [0.25, 0.3) is 0 Å². The maximum Gasteiger partial charge on any atom is 1.00 e. The largest absolute Gasteiger partial charge is 1.00 e. The summed E-state index contributed by atoms with van der Waals surface area (Å²) in [7, 11) is 0. The molecule has 23 heteroatoms. The van der Waals surface area contributed by atoms with Gasteiger partial charge in [-0.1, -0.05) is 30.0 Å². The average Bonchev–Trinajstić information content (AvgIpc) is 4.18. The Kier molecular flexibility index (Phi) is 16.7. The standard InChI is InChI=1S/C23H24N8S.C17H18IN7.C6H4F3NS.C3H4.Na/c1-15-17(5-3-8-25-15)32-18-13-27-22(31-14-28-29-21(18)31)30-10-6-23(7-11-30)12-16-4-2-9-26-19(16)20(23)24;18-12-9-21-16(25-10-22-23-15(12)25)24-6-3-17(4-7-24)8-11-2-1-5-20-13(11)14(17)19;7-6(8,9)5-4(11)2-1-3-10-5;1-3-2;/h2-5,8-9,13-14,20H,6-7,10-12,24H2,1H3;1-2,5,9-10,14H,3-4,6-8,19H2;1-3,11H;1H,2H3;/q;;;;+1/p-1/t20-;14-;;;/m11.../s1. The van der Waals surface area contributed by atoms with Crippen LogP contribution in [0.1, 0.15) is 78.6 Å². The molecule has 10 heterocycles. The number of hydrogen-bond donors (Lipinski definition) is 2. The summed E-state index contributed by atoms with van der Waals surface area (Å²) in [6.07, 6.45) is 20.2. The Morgan fingerprint density at radius 3 is 1.68 bits per heavy atom. The van der Waals surface area contributed by atoms with Crippen LogP contribution in [-0.4, -0.2) is 85.3 Å². The van der Waals surface area contributed by atoms with E-state index in [9.17, 15) is 13.2 Å². The van der Waals surface area contributed by atoms with E-state index in [0.29, 0.717) is 0 Å². The maximum absolute atomic E-state index is 11.9. The third kappa shape index (κ3) is 10.8. The van der Waals surface area contributed by atoms with Crippen molar-refractivity contribution in [3.05, 3.63) is 136 Å². The number of nitrogens with two attached hydrogens (primary N) is 2. The summed E-state index contributed by atoms with van der Waals surface area (Å²) < 4.78 is 40.7. The number of rotatable bonds is 4. The second-order valence-corrected chi connectivity index (χ2v) is 20.5. The third-order valence-electron chi connectivity index (χ3n) is 13.7. The van der Waals surface area contributed by atoms with Gasteiger partial charge in [0, 0.05) is 68.3 Å². The normalized spacial score (nSPS) is 18.2. The van der Waals surface area contributed by atoms with Gasteiger partial charge in [-0.2, -0.15) is 13.2 Å². The number of anilines is 2. The predicted octanol–water partition coefficient (Wildman–Crippen LogP) is 4.83. The molecular weight excluding hydrogens is 1080 g/mol. The van der Waals surface area contributed by atoms with Gasteiger partial charge in [-0.3, -0.25) is 24.3 Å². The molecule has 0 amide bonds. The number of fused-ring (bicyclic) bond motifs is 4. The zero-order valence-electron chi connectivity index (χ0n) is 39.8. The number of hydrogen-bond acceptors (Lipinski definition) is 16. The minimum Gasteiger partial charge on any atom is -0.778 e. The molecule has 4 N–H and O–H groups in total. The molecule has 0 bridgehead atoms. The molecule has 8 aromatic heterocycles. The van der Waals surface area contributed by atoms with Crippen LogP contribution < -0.4 is 50.8 Å². The summed E-state index contributed by atoms with van der Waals surface area (Å²) in [5.74, 6) is 4.05. The smallest absolute Gasteiger partial charge is 0.778 e. The minimum atomic E-state index is -4.43. The molecule has 0 radical (unpaired) electrons. The first-order valence-corrected chi connectivity index (χ1v) is 25.1. The Balaban J connectivity index is 0.000000154. The van der Waals surface area contributed by atoms with E-state index < -0.39 is 11.9 Å². The van der Waals surface area contributed by atoms with Gasteiger partial charge in [-0.05, 0) is 127 Å². The van der Waals surface area contributed by atoms with Crippen LogP contribution in [0.3, 0.4) is 0 Å². The van der Waals surface area contributed by atoms with Crippen molar-refractivity contribution < 1.29 is 42.7 Å². The number of terminal acetylenes is 1. The van der Waals surface area contributed by atoms with E-state index in [4.69, 9.17) is 16.5 Å². The maximum atomic E-state index is 11.9. The van der Waals surface area contributed by atoms with Gasteiger partial charge in [0.15, 0.2) is 11.3 Å². The van der Waals surface area contributed by atoms with Gasteiger partial charge in [0.1, 0.15) is 18.3 Å². The van der Waals surface area contributed by atoms with Crippen LogP contribution >= 0.6 is 34.4 Å². The van der Waals surface area contributed by atoms with Crippen LogP contribution in [0, 0.1) is 33.7 Å². The molecule has 72 heavy (non-hydrogen) atoms. The first kappa shape index (κ1) is 53.2. The third-order valence-corrected chi connectivity index (χ3v) is 15.9. The summed E-state index contributed by atoms with van der Waals surface area (Å²) in [6.45, 7) is 7.33. The molecule has 2 saturated heterocycles. The van der Waals surface area contributed by atoms with Crippen molar-refractivity contribution in [2.24, 2.45) is 22.3 Å². The Hall–Kier alpha value is -5.13. The number of piperidine rings is 2. The second kappa shape index (κ2) is 22.6. The first-order valence-electron chi connectivity index (χ1n) is 22.8. The van der Waals surface area contributed by atoms with Crippen molar-refractivity contribution in [1.82, 2.24) is 59.1 Å². The fourth-order valence-electron chi connectivity index (χ4n) is 10.0. The molecule has 2 fully saturated rings. The molecule has 12 rings (SSSR count). The fourth-order valence-corrected chi connectivity index (χ4v) is 11.7. The zero-order valence-corrected chi connectivity index (χ0v) is 45.6. The fraction of sp³-hybridized carbons (Fsp3) is 0.347. The van der Waals surface area contributed by atoms with Crippen molar-refractivity contribution in [2.45, 2.75) is 85.3 Å². The van der Waals surface area contributed by atoms with Crippen LogP contribution in [0.4, 0.5) is 25.1 Å². The molecule has 2 atom stereocenters. The number of halogens is 4. The molecule has 8 aromatic rings. The van der Waals surface area contributed by atoms with Crippen molar-refractivity contribution in [3.63, 3.8) is 0 Å². The number of nitrogens with zero attached hydrogens (tertiary/aromatic N) is 14. The summed E-state index contributed by atoms with van der Waals surface area (Å²) in [4.78, 5) is 32.5. The summed E-state index contributed by atoms with van der Waals surface area (Å²) >= 11 is 8.28. The molecule has 0 aromatic carbocycles. The van der Waals surface area contributed by atoms with Crippen LogP contribution in [0.5, 0.6) is 0 Å². The monoisotopic (exact) mass is 1130 g/mol. The first-order chi connectivity index (χ1) is 34.3. The molecule has 4 aliphatic rings. The van der Waals surface area contributed by atoms with Gasteiger partial charge >= 0.3 is 35.7 Å². The van der Waals surface area contributed by atoms with Crippen molar-refractivity contribution in [1.29, 1.82) is 0 Å². The molecule has 366 valence electrons. The molecular formula is C49H49F3IN16NaS2. The quantitative estimate of drug-likeness (QED) is 0.105. The van der Waals surface area contributed by atoms with Gasteiger partial charge < -0.3 is 33.9 Å². The van der Waals surface area contributed by atoms with E-state index in [-0.39, 0.29) is 57.4 Å². The minimum absolute atomic E-state index is 0. The van der Waals surface area contributed by atoms with Gasteiger partial charge in [-0.15, -0.1) is 37.6 Å². The van der Waals surface area contributed by atoms with E-state index in [1.165, 1.54) is 23.3 Å². The van der Waals surface area contributed by atoms with Crippen LogP contribution in [-0.2, 0) is 31.6 Å². The number of alkyl halides is 3. The molecule has 0 saturated carbocycles. The SMILES string of the molecule is C#CC.Cc1ncccc1Sc1cnc(N2CCC3(CC2)Cc2cccnc2[C@H]3N)n2cnnc12.FC(F)(F)c1ncccc1[S-].N[C@@H]1c2ncccc2CC12CCN(c1ncc(I)c3nncn13)CC2.[Na+]. The number of pyridine rings is 4. The summed E-state index contributed by atoms with van der Waals surface area (Å²) in [5, 5.41) is 16.8. The van der Waals surface area contributed by atoms with Crippen LogP contribution in [0.15, 0.2) is 113 Å². The average molecular weight is 1130 g/mol. The van der Waals surface area contributed by atoms with E-state index >= 15 is 0 Å². The molecule has 2 spiro atoms. The van der Waals surface area contributed by atoms with E-state index in [0.717, 1.165) is 125 Å². The van der Waals surface area contributed by atoms with E-state index in [1.54, 1.807) is 37.5 Å². The van der Waals surface area contributed by atoms with Gasteiger partial charge in [-0.25, -0.2) is 14.4 Å². The zero-order chi connectivity index (χ0) is 49.9. The van der Waals surface area contributed by atoms with Crippen LogP contribution in [0.2, 0.25) is 0 Å². The summed E-state index contributed by atoms with van der Waals surface area (Å²) in [5.41, 5.74) is 20.0. The molecule has 2 aliphatic carbocycles. The predicted molar refractivity (Wildman–Crippen MR) is 274 cm³/mol. The topological polar surface area (TPSA) is 196 Å². The van der Waals surface area contributed by atoms with E-state index in [1.807, 2.05) is 58.7 Å². The van der Waals surface area contributed by atoms with Crippen molar-refractivity contribution >= 4 is 70.2 Å². The second-order valence-electron chi connectivity index (χ2n) is 17.8. The Labute approximate surface area is 460 Å². The van der Waals surface area contributed by atoms with Crippen molar-refractivity contribution in [2.75, 3.05) is 36.0 Å². The van der Waals surface area contributed by atoms with Crippen LogP contribution in [0.25, 0.3) is 11.3 Å².